The van der Waals surface area contributed by atoms with E-state index in [1.165, 1.54) is 0 Å². The third-order valence-corrected chi connectivity index (χ3v) is 6.07. The van der Waals surface area contributed by atoms with Crippen molar-refractivity contribution in [2.24, 2.45) is 0 Å². The molecule has 2 rings (SSSR count). The van der Waals surface area contributed by atoms with Crippen molar-refractivity contribution in [3.05, 3.63) is 29.8 Å². The van der Waals surface area contributed by atoms with Crippen LogP contribution in [-0.2, 0) is 10.0 Å². The first-order chi connectivity index (χ1) is 9.03. The van der Waals surface area contributed by atoms with Gasteiger partial charge in [-0.15, -0.1) is 0 Å². The highest BCUT2D eigenvalue weighted by Gasteiger charge is 2.23. The second kappa shape index (κ2) is 6.26. The first-order valence-corrected chi connectivity index (χ1v) is 9.04. The summed E-state index contributed by atoms with van der Waals surface area (Å²) in [6.45, 7) is 2.04. The molecule has 2 atom stereocenters. The predicted molar refractivity (Wildman–Crippen MR) is 80.0 cm³/mol. The second-order valence-corrected chi connectivity index (χ2v) is 7.63. The van der Waals surface area contributed by atoms with Crippen molar-refractivity contribution in [3.8, 4) is 0 Å². The first-order valence-electron chi connectivity index (χ1n) is 6.40. The van der Waals surface area contributed by atoms with Gasteiger partial charge in [0, 0.05) is 17.8 Å². The monoisotopic (exact) mass is 300 g/mol. The zero-order chi connectivity index (χ0) is 13.9. The molecular formula is C13H20N2O2S2. The van der Waals surface area contributed by atoms with Gasteiger partial charge in [0.2, 0.25) is 10.0 Å². The third kappa shape index (κ3) is 3.72. The molecule has 0 spiro atoms. The van der Waals surface area contributed by atoms with Crippen LogP contribution < -0.4 is 10.0 Å². The molecule has 2 N–H and O–H groups in total. The lowest BCUT2D eigenvalue weighted by atomic mass is 10.1. The van der Waals surface area contributed by atoms with Crippen molar-refractivity contribution in [1.82, 2.24) is 10.0 Å². The Bertz CT molecular complexity index is 508. The van der Waals surface area contributed by atoms with Gasteiger partial charge in [-0.2, -0.15) is 11.8 Å². The van der Waals surface area contributed by atoms with E-state index < -0.39 is 10.0 Å². The molecule has 1 fully saturated rings. The van der Waals surface area contributed by atoms with Gasteiger partial charge in [0.25, 0.3) is 0 Å². The van der Waals surface area contributed by atoms with Crippen molar-refractivity contribution in [3.63, 3.8) is 0 Å². The third-order valence-electron chi connectivity index (χ3n) is 3.37. The summed E-state index contributed by atoms with van der Waals surface area (Å²) in [4.78, 5) is 0.344. The molecule has 6 heteroatoms. The number of thioether (sulfide) groups is 1. The summed E-state index contributed by atoms with van der Waals surface area (Å²) < 4.78 is 27.2. The predicted octanol–water partition coefficient (Wildman–Crippen LogP) is 1.75. The molecule has 4 nitrogen and oxygen atoms in total. The second-order valence-electron chi connectivity index (χ2n) is 4.76. The normalized spacial score (nSPS) is 21.5. The molecule has 1 aliphatic heterocycles. The van der Waals surface area contributed by atoms with Crippen LogP contribution in [0.4, 0.5) is 0 Å². The van der Waals surface area contributed by atoms with Gasteiger partial charge in [-0.3, -0.25) is 0 Å². The quantitative estimate of drug-likeness (QED) is 0.870. The van der Waals surface area contributed by atoms with E-state index in [1.54, 1.807) is 23.9 Å². The van der Waals surface area contributed by atoms with Crippen LogP contribution in [0.15, 0.2) is 29.2 Å². The highest BCUT2D eigenvalue weighted by molar-refractivity contribution is 7.99. The maximum atomic E-state index is 12.2. The van der Waals surface area contributed by atoms with Crippen molar-refractivity contribution in [2.45, 2.75) is 30.3 Å². The zero-order valence-electron chi connectivity index (χ0n) is 11.2. The lowest BCUT2D eigenvalue weighted by Gasteiger charge is -2.14. The molecule has 0 saturated carbocycles. The van der Waals surface area contributed by atoms with Gasteiger partial charge in [0.1, 0.15) is 0 Å². The smallest absolute Gasteiger partial charge is 0.240 e. The van der Waals surface area contributed by atoms with Crippen molar-refractivity contribution in [2.75, 3.05) is 18.6 Å². The average Bonchev–Trinajstić information content (AvgIpc) is 2.90. The van der Waals surface area contributed by atoms with Gasteiger partial charge < -0.3 is 5.32 Å². The highest BCUT2D eigenvalue weighted by Crippen LogP contribution is 2.20. The van der Waals surface area contributed by atoms with Gasteiger partial charge >= 0.3 is 0 Å². The molecule has 1 aromatic rings. The minimum atomic E-state index is -3.38. The van der Waals surface area contributed by atoms with E-state index >= 15 is 0 Å². The Kier molecular flexibility index (Phi) is 4.89. The number of hydrogen-bond acceptors (Lipinski definition) is 4. The molecule has 1 aliphatic rings. The molecule has 1 aromatic carbocycles. The van der Waals surface area contributed by atoms with E-state index in [0.29, 0.717) is 4.90 Å². The maximum Gasteiger partial charge on any atom is 0.240 e. The SMILES string of the molecule is CNC(C)c1ccc(S(=O)(=O)NC2CCSC2)cc1. The summed E-state index contributed by atoms with van der Waals surface area (Å²) in [6.07, 6.45) is 0.915. The Labute approximate surface area is 119 Å². The number of hydrogen-bond donors (Lipinski definition) is 2. The Morgan fingerprint density at radius 1 is 1.32 bits per heavy atom. The summed E-state index contributed by atoms with van der Waals surface area (Å²) in [7, 11) is -1.49. The maximum absolute atomic E-state index is 12.2. The molecule has 106 valence electrons. The molecule has 1 saturated heterocycles. The van der Waals surface area contributed by atoms with Crippen LogP contribution in [0, 0.1) is 0 Å². The van der Waals surface area contributed by atoms with E-state index in [4.69, 9.17) is 0 Å². The Hall–Kier alpha value is -0.560. The van der Waals surface area contributed by atoms with Crippen LogP contribution in [0.2, 0.25) is 0 Å². The summed E-state index contributed by atoms with van der Waals surface area (Å²) >= 11 is 1.79. The number of nitrogens with one attached hydrogen (secondary N) is 2. The minimum absolute atomic E-state index is 0.0749. The molecule has 1 heterocycles. The van der Waals surface area contributed by atoms with Crippen LogP contribution in [-0.4, -0.2) is 33.0 Å². The largest absolute Gasteiger partial charge is 0.313 e. The fourth-order valence-electron chi connectivity index (χ4n) is 2.02. The van der Waals surface area contributed by atoms with Gasteiger partial charge in [0.05, 0.1) is 4.90 Å². The minimum Gasteiger partial charge on any atom is -0.313 e. The van der Waals surface area contributed by atoms with Gasteiger partial charge in [-0.25, -0.2) is 13.1 Å². The highest BCUT2D eigenvalue weighted by atomic mass is 32.2. The van der Waals surface area contributed by atoms with E-state index in [-0.39, 0.29) is 12.1 Å². The van der Waals surface area contributed by atoms with E-state index in [1.807, 2.05) is 26.1 Å². The first kappa shape index (κ1) is 14.8. The summed E-state index contributed by atoms with van der Waals surface area (Å²) in [5, 5.41) is 3.13. The van der Waals surface area contributed by atoms with Gasteiger partial charge in [-0.05, 0) is 43.8 Å². The lowest BCUT2D eigenvalue weighted by Crippen LogP contribution is -2.34. The Morgan fingerprint density at radius 3 is 2.53 bits per heavy atom. The van der Waals surface area contributed by atoms with Crippen molar-refractivity contribution >= 4 is 21.8 Å². The standard InChI is InChI=1S/C13H20N2O2S2/c1-10(14-2)11-3-5-13(6-4-11)19(16,17)15-12-7-8-18-9-12/h3-6,10,12,14-15H,7-9H2,1-2H3. The summed E-state index contributed by atoms with van der Waals surface area (Å²) in [5.41, 5.74) is 1.08. The fraction of sp³-hybridized carbons (Fsp3) is 0.538. The van der Waals surface area contributed by atoms with E-state index in [0.717, 1.165) is 23.5 Å². The molecule has 0 bridgehead atoms. The fourth-order valence-corrected chi connectivity index (χ4v) is 4.55. The molecule has 2 unspecified atom stereocenters. The molecule has 0 radical (unpaired) electrons. The Balaban J connectivity index is 2.11. The number of benzene rings is 1. The molecule has 0 aromatic heterocycles. The van der Waals surface area contributed by atoms with Gasteiger partial charge in [0.15, 0.2) is 0 Å². The number of sulfonamides is 1. The van der Waals surface area contributed by atoms with Crippen LogP contribution in [0.3, 0.4) is 0 Å². The molecule has 0 amide bonds. The van der Waals surface area contributed by atoms with Crippen molar-refractivity contribution < 1.29 is 8.42 Å². The molecule has 19 heavy (non-hydrogen) atoms. The average molecular weight is 300 g/mol. The van der Waals surface area contributed by atoms with E-state index in [9.17, 15) is 8.42 Å². The summed E-state index contributed by atoms with van der Waals surface area (Å²) in [5.74, 6) is 1.90. The van der Waals surface area contributed by atoms with Gasteiger partial charge in [-0.1, -0.05) is 12.1 Å². The van der Waals surface area contributed by atoms with Crippen LogP contribution in [0.1, 0.15) is 24.9 Å². The Morgan fingerprint density at radius 2 is 2.00 bits per heavy atom. The van der Waals surface area contributed by atoms with Crippen LogP contribution in [0.5, 0.6) is 0 Å². The summed E-state index contributed by atoms with van der Waals surface area (Å²) in [6, 6.07) is 7.36. The molecule has 0 aliphatic carbocycles. The zero-order valence-corrected chi connectivity index (χ0v) is 12.9. The van der Waals surface area contributed by atoms with Crippen molar-refractivity contribution in [1.29, 1.82) is 0 Å². The lowest BCUT2D eigenvalue weighted by molar-refractivity contribution is 0.563. The van der Waals surface area contributed by atoms with Crippen LogP contribution in [0.25, 0.3) is 0 Å². The topological polar surface area (TPSA) is 58.2 Å². The number of rotatable bonds is 5. The van der Waals surface area contributed by atoms with Crippen LogP contribution >= 0.6 is 11.8 Å². The van der Waals surface area contributed by atoms with E-state index in [2.05, 4.69) is 10.0 Å². The molecular weight excluding hydrogens is 280 g/mol.